The number of ether oxygens (including phenoxy) is 1. The molecule has 0 fully saturated rings. The molecular weight excluding hydrogens is 474 g/mol. The van der Waals surface area contributed by atoms with E-state index >= 15 is 0 Å². The van der Waals surface area contributed by atoms with Gasteiger partial charge < -0.3 is 15.2 Å². The molecule has 1 aromatic rings. The Bertz CT molecular complexity index is 980. The maximum Gasteiger partial charge on any atom is 0.328 e. The molecule has 0 saturated carbocycles. The lowest BCUT2D eigenvalue weighted by molar-refractivity contribution is -0.131. The zero-order valence-electron chi connectivity index (χ0n) is 25.3. The lowest BCUT2D eigenvalue weighted by Crippen LogP contribution is -2.37. The number of rotatable bonds is 15. The lowest BCUT2D eigenvalue weighted by atomic mass is 9.83. The van der Waals surface area contributed by atoms with Crippen molar-refractivity contribution < 1.29 is 19.4 Å². The van der Waals surface area contributed by atoms with Crippen LogP contribution in [0.5, 0.6) is 5.75 Å². The fourth-order valence-corrected chi connectivity index (χ4v) is 5.79. The van der Waals surface area contributed by atoms with Crippen molar-refractivity contribution in [1.82, 2.24) is 0 Å². The molecule has 5 heteroatoms. The standard InChI is InChI=1S/C33H53NO4/c1-22(2)12-9-13-23(3)14-10-15-24(4)16-11-20-33(8)21-19-28-27(7)31(25(5)26(6)32(28)38-33)34-29(35)17-18-30(36)37/h17-18,22-24H,9-16,19-21H2,1-8H3,(H,34,35)(H,36,37)/b18-17-. The van der Waals surface area contributed by atoms with Crippen LogP contribution in [0.1, 0.15) is 121 Å². The average molecular weight is 528 g/mol. The number of anilines is 1. The van der Waals surface area contributed by atoms with Gasteiger partial charge in [-0.3, -0.25) is 4.79 Å². The van der Waals surface area contributed by atoms with E-state index in [9.17, 15) is 9.59 Å². The largest absolute Gasteiger partial charge is 0.487 e. The van der Waals surface area contributed by atoms with Gasteiger partial charge in [-0.2, -0.15) is 0 Å². The van der Waals surface area contributed by atoms with Gasteiger partial charge in [0.2, 0.25) is 5.91 Å². The third-order valence-corrected chi connectivity index (χ3v) is 8.53. The molecule has 5 nitrogen and oxygen atoms in total. The summed E-state index contributed by atoms with van der Waals surface area (Å²) in [7, 11) is 0. The summed E-state index contributed by atoms with van der Waals surface area (Å²) >= 11 is 0. The first-order valence-corrected chi connectivity index (χ1v) is 14.9. The van der Waals surface area contributed by atoms with Crippen molar-refractivity contribution in [3.05, 3.63) is 34.4 Å². The van der Waals surface area contributed by atoms with Gasteiger partial charge in [-0.15, -0.1) is 0 Å². The molecule has 0 radical (unpaired) electrons. The Morgan fingerprint density at radius 1 is 0.895 bits per heavy atom. The van der Waals surface area contributed by atoms with Gasteiger partial charge in [0.25, 0.3) is 0 Å². The van der Waals surface area contributed by atoms with E-state index < -0.39 is 11.9 Å². The summed E-state index contributed by atoms with van der Waals surface area (Å²) in [5.74, 6) is 1.81. The second-order valence-electron chi connectivity index (χ2n) is 12.6. The highest BCUT2D eigenvalue weighted by Gasteiger charge is 2.34. The first kappa shape index (κ1) is 31.9. The third-order valence-electron chi connectivity index (χ3n) is 8.53. The second-order valence-corrected chi connectivity index (χ2v) is 12.6. The SMILES string of the molecule is Cc1c(C)c2c(c(C)c1NC(=O)/C=C\C(=O)O)CCC(C)(CCCC(C)CCCC(C)CCCC(C)C)O2. The zero-order valence-corrected chi connectivity index (χ0v) is 25.3. The number of carbonyl (C=O) groups excluding carboxylic acids is 1. The number of hydrogen-bond donors (Lipinski definition) is 2. The van der Waals surface area contributed by atoms with E-state index in [1.54, 1.807) is 0 Å². The van der Waals surface area contributed by atoms with Crippen LogP contribution in [-0.4, -0.2) is 22.6 Å². The molecule has 2 rings (SSSR count). The molecule has 1 amide bonds. The monoisotopic (exact) mass is 527 g/mol. The highest BCUT2D eigenvalue weighted by atomic mass is 16.5. The number of amides is 1. The molecule has 0 bridgehead atoms. The molecule has 0 spiro atoms. The van der Waals surface area contributed by atoms with Crippen LogP contribution in [0.15, 0.2) is 12.2 Å². The molecule has 1 aromatic carbocycles. The maximum absolute atomic E-state index is 12.2. The summed E-state index contributed by atoms with van der Waals surface area (Å²) in [6, 6.07) is 0. The minimum absolute atomic E-state index is 0.170. The summed E-state index contributed by atoms with van der Waals surface area (Å²) in [5.41, 5.74) is 4.76. The van der Waals surface area contributed by atoms with Crippen molar-refractivity contribution in [2.45, 2.75) is 132 Å². The second kappa shape index (κ2) is 14.7. The Morgan fingerprint density at radius 3 is 2.05 bits per heavy atom. The Balaban J connectivity index is 1.89. The quantitative estimate of drug-likeness (QED) is 0.224. The molecule has 0 saturated heterocycles. The predicted molar refractivity (Wildman–Crippen MR) is 158 cm³/mol. The smallest absolute Gasteiger partial charge is 0.328 e. The number of carboxylic acids is 1. The molecule has 2 N–H and O–H groups in total. The van der Waals surface area contributed by atoms with Crippen molar-refractivity contribution in [1.29, 1.82) is 0 Å². The van der Waals surface area contributed by atoms with Crippen LogP contribution in [0.25, 0.3) is 0 Å². The fourth-order valence-electron chi connectivity index (χ4n) is 5.79. The van der Waals surface area contributed by atoms with E-state index in [1.165, 1.54) is 51.4 Å². The summed E-state index contributed by atoms with van der Waals surface area (Å²) in [6.45, 7) is 17.8. The Labute approximate surface area is 231 Å². The van der Waals surface area contributed by atoms with Gasteiger partial charge in [-0.05, 0) is 93.4 Å². The van der Waals surface area contributed by atoms with Crippen LogP contribution in [0.2, 0.25) is 0 Å². The van der Waals surface area contributed by atoms with Crippen molar-refractivity contribution in [2.24, 2.45) is 17.8 Å². The molecule has 1 heterocycles. The van der Waals surface area contributed by atoms with Crippen LogP contribution in [0, 0.1) is 38.5 Å². The zero-order chi connectivity index (χ0) is 28.5. The van der Waals surface area contributed by atoms with Gasteiger partial charge in [0.05, 0.1) is 0 Å². The Kier molecular flexibility index (Phi) is 12.4. The molecule has 0 aromatic heterocycles. The van der Waals surface area contributed by atoms with E-state index in [2.05, 4.69) is 39.9 Å². The average Bonchev–Trinajstić information content (AvgIpc) is 2.83. The normalized spacial score (nSPS) is 18.8. The Morgan fingerprint density at radius 2 is 1.47 bits per heavy atom. The highest BCUT2D eigenvalue weighted by molar-refractivity contribution is 6.03. The highest BCUT2D eigenvalue weighted by Crippen LogP contribution is 2.44. The van der Waals surface area contributed by atoms with Crippen molar-refractivity contribution in [2.75, 3.05) is 5.32 Å². The Hall–Kier alpha value is -2.30. The van der Waals surface area contributed by atoms with Gasteiger partial charge in [-0.25, -0.2) is 4.79 Å². The van der Waals surface area contributed by atoms with E-state index in [1.807, 2.05) is 20.8 Å². The number of nitrogens with one attached hydrogen (secondary N) is 1. The first-order valence-electron chi connectivity index (χ1n) is 14.9. The lowest BCUT2D eigenvalue weighted by Gasteiger charge is -2.38. The van der Waals surface area contributed by atoms with Crippen LogP contribution >= 0.6 is 0 Å². The fraction of sp³-hybridized carbons (Fsp3) is 0.697. The third kappa shape index (κ3) is 9.78. The summed E-state index contributed by atoms with van der Waals surface area (Å²) in [6.07, 6.45) is 15.4. The summed E-state index contributed by atoms with van der Waals surface area (Å²) < 4.78 is 6.70. The van der Waals surface area contributed by atoms with Gasteiger partial charge in [0.1, 0.15) is 11.4 Å². The summed E-state index contributed by atoms with van der Waals surface area (Å²) in [5, 5.41) is 11.7. The molecule has 214 valence electrons. The van der Waals surface area contributed by atoms with Gasteiger partial charge in [0.15, 0.2) is 0 Å². The topological polar surface area (TPSA) is 75.6 Å². The van der Waals surface area contributed by atoms with Gasteiger partial charge >= 0.3 is 5.97 Å². The molecular formula is C33H53NO4. The molecule has 3 atom stereocenters. The minimum Gasteiger partial charge on any atom is -0.487 e. The minimum atomic E-state index is -1.14. The molecule has 3 unspecified atom stereocenters. The number of aliphatic carboxylic acids is 1. The maximum atomic E-state index is 12.2. The van der Waals surface area contributed by atoms with E-state index in [0.717, 1.165) is 82.9 Å². The number of carboxylic acid groups (broad SMARTS) is 1. The molecule has 0 aliphatic carbocycles. The van der Waals surface area contributed by atoms with Gasteiger partial charge in [0, 0.05) is 17.8 Å². The number of hydrogen-bond acceptors (Lipinski definition) is 3. The summed E-state index contributed by atoms with van der Waals surface area (Å²) in [4.78, 5) is 23.0. The number of fused-ring (bicyclic) bond motifs is 1. The number of benzene rings is 1. The first-order chi connectivity index (χ1) is 17.8. The van der Waals surface area contributed by atoms with E-state index in [0.29, 0.717) is 0 Å². The van der Waals surface area contributed by atoms with Crippen LogP contribution in [0.3, 0.4) is 0 Å². The predicted octanol–water partition coefficient (Wildman–Crippen LogP) is 8.71. The van der Waals surface area contributed by atoms with Crippen molar-refractivity contribution in [3.63, 3.8) is 0 Å². The van der Waals surface area contributed by atoms with Crippen LogP contribution < -0.4 is 10.1 Å². The molecule has 1 aliphatic heterocycles. The van der Waals surface area contributed by atoms with Crippen LogP contribution in [-0.2, 0) is 16.0 Å². The van der Waals surface area contributed by atoms with E-state index in [4.69, 9.17) is 9.84 Å². The van der Waals surface area contributed by atoms with Crippen LogP contribution in [0.4, 0.5) is 5.69 Å². The molecule has 1 aliphatic rings. The molecule has 38 heavy (non-hydrogen) atoms. The van der Waals surface area contributed by atoms with Crippen molar-refractivity contribution in [3.8, 4) is 5.75 Å². The van der Waals surface area contributed by atoms with Gasteiger partial charge in [-0.1, -0.05) is 72.6 Å². The van der Waals surface area contributed by atoms with Crippen molar-refractivity contribution >= 4 is 17.6 Å². The number of carbonyl (C=O) groups is 2. The van der Waals surface area contributed by atoms with E-state index in [-0.39, 0.29) is 5.60 Å².